The summed E-state index contributed by atoms with van der Waals surface area (Å²) in [6.07, 6.45) is 4.72. The Balaban J connectivity index is 0.0000001000. The second kappa shape index (κ2) is 5.33. The van der Waals surface area contributed by atoms with Gasteiger partial charge < -0.3 is 14.4 Å². The van der Waals surface area contributed by atoms with Crippen molar-refractivity contribution in [2.75, 3.05) is 0 Å². The summed E-state index contributed by atoms with van der Waals surface area (Å²) < 4.78 is 2.92. The fourth-order valence-corrected chi connectivity index (χ4v) is 1.39. The lowest BCUT2D eigenvalue weighted by Crippen LogP contribution is -1.99. The average Bonchev–Trinajstić information content (AvgIpc) is 2.67. The van der Waals surface area contributed by atoms with E-state index in [1.807, 2.05) is 11.6 Å². The van der Waals surface area contributed by atoms with E-state index in [1.165, 1.54) is 12.5 Å². The molecule has 4 nitrogen and oxygen atoms in total. The smallest absolute Gasteiger partial charge is 0.152 e. The van der Waals surface area contributed by atoms with E-state index >= 15 is 0 Å². The Labute approximate surface area is 66.5 Å². The maximum atomic E-state index is 4.29. The van der Waals surface area contributed by atoms with Gasteiger partial charge in [-0.2, -0.15) is 0 Å². The summed E-state index contributed by atoms with van der Waals surface area (Å²) in [5, 5.41) is 2.00. The first-order valence-corrected chi connectivity index (χ1v) is 4.65. The van der Waals surface area contributed by atoms with Crippen molar-refractivity contribution in [2.24, 2.45) is 0 Å². The van der Waals surface area contributed by atoms with Crippen LogP contribution in [-0.4, -0.2) is 0 Å². The molecule has 0 bridgehead atoms. The second-order valence-electron chi connectivity index (χ2n) is 1.19. The van der Waals surface area contributed by atoms with Crippen LogP contribution in [0, 0.1) is 0 Å². The molecule has 0 aliphatic carbocycles. The van der Waals surface area contributed by atoms with E-state index in [9.17, 15) is 0 Å². The van der Waals surface area contributed by atoms with Crippen LogP contribution in [0.25, 0.3) is 0 Å². The van der Waals surface area contributed by atoms with Gasteiger partial charge in [0.25, 0.3) is 0 Å². The highest BCUT2D eigenvalue weighted by molar-refractivity contribution is 8.77. The Morgan fingerprint density at radius 2 is 2.00 bits per heavy atom. The van der Waals surface area contributed by atoms with Crippen LogP contribution in [0.2, 0.25) is 0 Å². The summed E-state index contributed by atoms with van der Waals surface area (Å²) in [5.41, 5.74) is 2.11. The molecule has 0 spiro atoms. The topological polar surface area (TPSA) is 42.5 Å². The lowest BCUT2D eigenvalue weighted by atomic mass is 11.1. The van der Waals surface area contributed by atoms with E-state index in [-0.39, 0.29) is 0 Å². The van der Waals surface area contributed by atoms with Crippen LogP contribution in [-0.2, 0) is 9.68 Å². The lowest BCUT2D eigenvalue weighted by Gasteiger charge is -1.83. The molecule has 0 aromatic carbocycles. The van der Waals surface area contributed by atoms with Crippen molar-refractivity contribution in [2.45, 2.75) is 0 Å². The van der Waals surface area contributed by atoms with Gasteiger partial charge in [-0.25, -0.2) is 0 Å². The zero-order valence-electron chi connectivity index (χ0n) is 4.94. The molecule has 0 aromatic rings. The molecule has 10 heavy (non-hydrogen) atoms. The Morgan fingerprint density at radius 1 is 1.20 bits per heavy atom. The van der Waals surface area contributed by atoms with Gasteiger partial charge >= 0.3 is 0 Å². The van der Waals surface area contributed by atoms with Gasteiger partial charge in [0, 0.05) is 28.2 Å². The summed E-state index contributed by atoms with van der Waals surface area (Å²) in [6.45, 7) is 0. The quantitative estimate of drug-likeness (QED) is 0.430. The first-order chi connectivity index (χ1) is 5.00. The first-order valence-electron chi connectivity index (χ1n) is 2.44. The van der Waals surface area contributed by atoms with Crippen LogP contribution in [0.1, 0.15) is 0 Å². The van der Waals surface area contributed by atoms with Gasteiger partial charge in [0.2, 0.25) is 0 Å². The van der Waals surface area contributed by atoms with E-state index < -0.39 is 0 Å². The van der Waals surface area contributed by atoms with Gasteiger partial charge in [-0.1, -0.05) is 0 Å². The molecular weight excluding hydrogens is 172 g/mol. The summed E-state index contributed by atoms with van der Waals surface area (Å²) in [7, 11) is 3.33. The van der Waals surface area contributed by atoms with Crippen molar-refractivity contribution in [3.63, 3.8) is 0 Å². The number of hydrogen-bond acceptors (Lipinski definition) is 6. The highest BCUT2D eigenvalue weighted by Crippen LogP contribution is 2.22. The van der Waals surface area contributed by atoms with Crippen LogP contribution >= 0.6 is 21.8 Å². The Bertz CT molecular complexity index is 111. The molecule has 0 saturated carbocycles. The first kappa shape index (κ1) is 7.64. The molecule has 0 radical (unpaired) electrons. The minimum atomic E-state index is 1.40. The van der Waals surface area contributed by atoms with Gasteiger partial charge in [0.1, 0.15) is 0 Å². The molecule has 56 valence electrons. The molecular formula is C4H6N2O2S2. The van der Waals surface area contributed by atoms with Gasteiger partial charge in [-0.15, -0.1) is 0 Å². The highest BCUT2D eigenvalue weighted by Gasteiger charge is 1.83. The maximum absolute atomic E-state index is 4.29. The zero-order chi connectivity index (χ0) is 7.07. The molecule has 6 heteroatoms. The molecule has 0 unspecified atom stereocenters. The van der Waals surface area contributed by atoms with Crippen molar-refractivity contribution in [3.8, 4) is 0 Å². The lowest BCUT2D eigenvalue weighted by molar-refractivity contribution is -0.0486. The Morgan fingerprint density at radius 3 is 2.20 bits per heavy atom. The van der Waals surface area contributed by atoms with E-state index in [0.717, 1.165) is 0 Å². The molecule has 0 fully saturated rings. The molecule has 2 aliphatic rings. The van der Waals surface area contributed by atoms with E-state index in [4.69, 9.17) is 0 Å². The summed E-state index contributed by atoms with van der Waals surface area (Å²) in [6, 6.07) is 0. The molecule has 2 rings (SSSR count). The fraction of sp³-hybridized carbons (Fsp3) is 0. The Kier molecular flexibility index (Phi) is 4.08. The monoisotopic (exact) mass is 178 g/mol. The predicted molar refractivity (Wildman–Crippen MR) is 41.9 cm³/mol. The van der Waals surface area contributed by atoms with Crippen LogP contribution < -0.4 is 10.4 Å². The standard InChI is InChI=1S/C2H3NO2.C2H3NS2/c1-2-5-3-4-1;1-2-4-5-3-1/h2*1-3H. The summed E-state index contributed by atoms with van der Waals surface area (Å²) in [5.74, 6) is 0. The van der Waals surface area contributed by atoms with Crippen molar-refractivity contribution >= 4 is 21.8 Å². The second-order valence-corrected chi connectivity index (χ2v) is 3.14. The van der Waals surface area contributed by atoms with Crippen molar-refractivity contribution in [1.29, 1.82) is 0 Å². The van der Waals surface area contributed by atoms with Crippen LogP contribution in [0.4, 0.5) is 0 Å². The maximum Gasteiger partial charge on any atom is 0.152 e. The zero-order valence-corrected chi connectivity index (χ0v) is 6.58. The van der Waals surface area contributed by atoms with Crippen LogP contribution in [0.5, 0.6) is 0 Å². The summed E-state index contributed by atoms with van der Waals surface area (Å²) >= 11 is 0. The van der Waals surface area contributed by atoms with Gasteiger partial charge in [-0.05, 0) is 10.8 Å². The van der Waals surface area contributed by atoms with Crippen molar-refractivity contribution in [3.05, 3.63) is 24.1 Å². The van der Waals surface area contributed by atoms with E-state index in [2.05, 4.69) is 20.0 Å². The molecule has 0 aromatic heterocycles. The SMILES string of the molecule is C1=CONO1.C1=CSSN1. The van der Waals surface area contributed by atoms with E-state index in [0.29, 0.717) is 0 Å². The van der Waals surface area contributed by atoms with Gasteiger partial charge in [-0.3, -0.25) is 0 Å². The third-order valence-electron chi connectivity index (χ3n) is 0.576. The molecule has 2 N–H and O–H groups in total. The third-order valence-corrected chi connectivity index (χ3v) is 2.06. The minimum absolute atomic E-state index is 1.40. The highest BCUT2D eigenvalue weighted by atomic mass is 33.1. The predicted octanol–water partition coefficient (Wildman–Crippen LogP) is 1.28. The van der Waals surface area contributed by atoms with Crippen molar-refractivity contribution in [1.82, 2.24) is 10.4 Å². The number of nitrogens with one attached hydrogen (secondary N) is 2. The molecule has 2 heterocycles. The normalized spacial score (nSPS) is 18.4. The van der Waals surface area contributed by atoms with Crippen molar-refractivity contribution < 1.29 is 9.68 Å². The molecule has 0 atom stereocenters. The number of hydrogen-bond donors (Lipinski definition) is 2. The van der Waals surface area contributed by atoms with E-state index in [1.54, 1.807) is 21.8 Å². The van der Waals surface area contributed by atoms with Gasteiger partial charge in [0.15, 0.2) is 12.5 Å². The van der Waals surface area contributed by atoms with Gasteiger partial charge in [0.05, 0.1) is 0 Å². The summed E-state index contributed by atoms with van der Waals surface area (Å²) in [4.78, 5) is 8.58. The molecule has 0 amide bonds. The largest absolute Gasteiger partial charge is 0.378 e. The fourth-order valence-electron chi connectivity index (χ4n) is 0.278. The average molecular weight is 178 g/mol. The van der Waals surface area contributed by atoms with Crippen LogP contribution in [0.3, 0.4) is 0 Å². The molecule has 2 aliphatic heterocycles. The third kappa shape index (κ3) is 3.54. The minimum Gasteiger partial charge on any atom is -0.378 e. The van der Waals surface area contributed by atoms with Crippen LogP contribution in [0.15, 0.2) is 24.1 Å². The molecule has 0 saturated heterocycles. The Hall–Kier alpha value is -0.460. The number of rotatable bonds is 0.